The van der Waals surface area contributed by atoms with Crippen LogP contribution in [0.3, 0.4) is 0 Å². The van der Waals surface area contributed by atoms with Crippen molar-refractivity contribution in [3.05, 3.63) is 40.9 Å². The van der Waals surface area contributed by atoms with Gasteiger partial charge < -0.3 is 9.84 Å². The summed E-state index contributed by atoms with van der Waals surface area (Å²) in [6.45, 7) is 3.58. The van der Waals surface area contributed by atoms with Gasteiger partial charge in [-0.1, -0.05) is 28.6 Å². The molecule has 4 nitrogen and oxygen atoms in total. The van der Waals surface area contributed by atoms with Crippen molar-refractivity contribution in [1.82, 2.24) is 4.98 Å². The number of pyridine rings is 1. The van der Waals surface area contributed by atoms with Crippen molar-refractivity contribution in [3.63, 3.8) is 0 Å². The van der Waals surface area contributed by atoms with E-state index >= 15 is 0 Å². The zero-order chi connectivity index (χ0) is 13.3. The van der Waals surface area contributed by atoms with Gasteiger partial charge in [0.25, 0.3) is 0 Å². The average Bonchev–Trinajstić information content (AvgIpc) is 2.37. The van der Waals surface area contributed by atoms with E-state index in [-0.39, 0.29) is 5.57 Å². The Labute approximate surface area is 112 Å². The lowest BCUT2D eigenvalue weighted by atomic mass is 10.0. The second-order valence-corrected chi connectivity index (χ2v) is 4.49. The molecule has 92 valence electrons. The molecule has 1 N–H and O–H groups in total. The highest BCUT2D eigenvalue weighted by Gasteiger charge is 2.16. The van der Waals surface area contributed by atoms with Gasteiger partial charge in [0.15, 0.2) is 0 Å². The molecule has 0 spiro atoms. The Kier molecular flexibility index (Phi) is 3.34. The summed E-state index contributed by atoms with van der Waals surface area (Å²) in [5, 5.41) is 9.90. The number of nitrogens with zero attached hydrogens (tertiary/aromatic N) is 1. The number of hydrogen-bond donors (Lipinski definition) is 1. The Morgan fingerprint density at radius 1 is 1.39 bits per heavy atom. The van der Waals surface area contributed by atoms with Gasteiger partial charge in [-0.05, 0) is 12.1 Å². The van der Waals surface area contributed by atoms with E-state index in [1.807, 2.05) is 12.1 Å². The summed E-state index contributed by atoms with van der Waals surface area (Å²) in [5.41, 5.74) is 1.02. The minimum atomic E-state index is -1.08. The van der Waals surface area contributed by atoms with E-state index in [0.29, 0.717) is 21.4 Å². The predicted octanol–water partition coefficient (Wildman–Crippen LogP) is 3.10. The van der Waals surface area contributed by atoms with E-state index in [1.54, 1.807) is 12.1 Å². The molecule has 0 aliphatic carbocycles. The normalized spacial score (nSPS) is 10.3. The molecule has 1 aromatic carbocycles. The van der Waals surface area contributed by atoms with Crippen LogP contribution in [0.1, 0.15) is 5.56 Å². The lowest BCUT2D eigenvalue weighted by Crippen LogP contribution is -2.01. The number of aliphatic carboxylic acids is 1. The van der Waals surface area contributed by atoms with Crippen LogP contribution in [0.2, 0.25) is 0 Å². The van der Waals surface area contributed by atoms with Gasteiger partial charge in [-0.2, -0.15) is 0 Å². The van der Waals surface area contributed by atoms with E-state index in [1.165, 1.54) is 7.11 Å². The number of halogens is 1. The third-order valence-corrected chi connectivity index (χ3v) is 3.22. The summed E-state index contributed by atoms with van der Waals surface area (Å²) in [6, 6.07) is 7.18. The summed E-state index contributed by atoms with van der Waals surface area (Å²) < 4.78 is 5.70. The van der Waals surface area contributed by atoms with Gasteiger partial charge in [0.05, 0.1) is 18.2 Å². The van der Waals surface area contributed by atoms with Crippen molar-refractivity contribution in [3.8, 4) is 5.88 Å². The van der Waals surface area contributed by atoms with Crippen LogP contribution in [0.4, 0.5) is 0 Å². The highest BCUT2D eigenvalue weighted by Crippen LogP contribution is 2.31. The van der Waals surface area contributed by atoms with Crippen molar-refractivity contribution in [1.29, 1.82) is 0 Å². The zero-order valence-corrected chi connectivity index (χ0v) is 11.2. The summed E-state index contributed by atoms with van der Waals surface area (Å²) in [7, 11) is 1.51. The second-order valence-electron chi connectivity index (χ2n) is 3.63. The maximum Gasteiger partial charge on any atom is 0.335 e. The number of ether oxygens (including phenoxy) is 1. The van der Waals surface area contributed by atoms with Crippen LogP contribution in [-0.4, -0.2) is 23.2 Å². The van der Waals surface area contributed by atoms with Crippen molar-refractivity contribution in [2.45, 2.75) is 0 Å². The number of aromatic nitrogens is 1. The van der Waals surface area contributed by atoms with E-state index < -0.39 is 5.97 Å². The maximum atomic E-state index is 11.1. The number of benzene rings is 1. The van der Waals surface area contributed by atoms with Gasteiger partial charge in [0.2, 0.25) is 5.88 Å². The molecule has 5 heteroatoms. The lowest BCUT2D eigenvalue weighted by Gasteiger charge is -2.09. The molecule has 18 heavy (non-hydrogen) atoms. The predicted molar refractivity (Wildman–Crippen MR) is 72.7 cm³/mol. The topological polar surface area (TPSA) is 59.4 Å². The van der Waals surface area contributed by atoms with Crippen LogP contribution in [0.25, 0.3) is 16.5 Å². The number of carboxylic acid groups (broad SMARTS) is 1. The minimum Gasteiger partial charge on any atom is -0.481 e. The average molecular weight is 308 g/mol. The number of fused-ring (bicyclic) bond motifs is 1. The minimum absolute atomic E-state index is 0.00627. The Morgan fingerprint density at radius 3 is 2.67 bits per heavy atom. The number of hydrogen-bond acceptors (Lipinski definition) is 3. The van der Waals surface area contributed by atoms with Gasteiger partial charge in [0, 0.05) is 21.5 Å². The first-order chi connectivity index (χ1) is 8.54. The zero-order valence-electron chi connectivity index (χ0n) is 9.61. The smallest absolute Gasteiger partial charge is 0.335 e. The molecule has 0 saturated carbocycles. The Bertz CT molecular complexity index is 652. The molecule has 0 bridgehead atoms. The number of methoxy groups -OCH3 is 1. The molecular weight excluding hydrogens is 298 g/mol. The third kappa shape index (κ3) is 2.09. The molecule has 0 aliphatic rings. The largest absolute Gasteiger partial charge is 0.481 e. The monoisotopic (exact) mass is 307 g/mol. The Morgan fingerprint density at radius 2 is 2.06 bits per heavy atom. The number of rotatable bonds is 3. The molecular formula is C13H10BrNO3. The molecule has 0 atom stereocenters. The molecule has 0 radical (unpaired) electrons. The fourth-order valence-electron chi connectivity index (χ4n) is 1.65. The maximum absolute atomic E-state index is 11.1. The molecule has 0 saturated heterocycles. The van der Waals surface area contributed by atoms with E-state index in [4.69, 9.17) is 9.84 Å². The van der Waals surface area contributed by atoms with Gasteiger partial charge >= 0.3 is 5.97 Å². The molecule has 2 aromatic rings. The Balaban J connectivity index is 2.80. The fraction of sp³-hybridized carbons (Fsp3) is 0.0769. The van der Waals surface area contributed by atoms with Crippen LogP contribution >= 0.6 is 15.9 Å². The molecule has 0 amide bonds. The lowest BCUT2D eigenvalue weighted by molar-refractivity contribution is -0.130. The van der Waals surface area contributed by atoms with E-state index in [9.17, 15) is 4.79 Å². The van der Waals surface area contributed by atoms with Gasteiger partial charge in [0.1, 0.15) is 0 Å². The first-order valence-corrected chi connectivity index (χ1v) is 5.89. The van der Waals surface area contributed by atoms with E-state index in [0.717, 1.165) is 5.39 Å². The van der Waals surface area contributed by atoms with Gasteiger partial charge in [-0.25, -0.2) is 9.78 Å². The molecule has 2 rings (SSSR count). The molecule has 0 unspecified atom stereocenters. The van der Waals surface area contributed by atoms with E-state index in [2.05, 4.69) is 27.5 Å². The van der Waals surface area contributed by atoms with Crippen LogP contribution in [0.15, 0.2) is 35.3 Å². The van der Waals surface area contributed by atoms with Crippen LogP contribution < -0.4 is 4.74 Å². The molecule has 1 heterocycles. The summed E-state index contributed by atoms with van der Waals surface area (Å²) in [5.74, 6) is -0.646. The third-order valence-electron chi connectivity index (χ3n) is 2.55. The van der Waals surface area contributed by atoms with Crippen molar-refractivity contribution < 1.29 is 14.6 Å². The molecule has 1 aromatic heterocycles. The summed E-state index contributed by atoms with van der Waals surface area (Å²) >= 11 is 3.33. The molecule has 0 aliphatic heterocycles. The Hall–Kier alpha value is -1.88. The van der Waals surface area contributed by atoms with Crippen LogP contribution in [0.5, 0.6) is 5.88 Å². The number of carboxylic acids is 1. The number of carbonyl (C=O) groups is 1. The SMILES string of the molecule is C=C(C(=O)O)c1c(Br)ccc2ccc(OC)nc12. The van der Waals surface area contributed by atoms with Crippen LogP contribution in [0, 0.1) is 0 Å². The van der Waals surface area contributed by atoms with Gasteiger partial charge in [-0.3, -0.25) is 0 Å². The first-order valence-electron chi connectivity index (χ1n) is 5.10. The highest BCUT2D eigenvalue weighted by molar-refractivity contribution is 9.10. The summed E-state index contributed by atoms with van der Waals surface area (Å²) in [4.78, 5) is 15.4. The van der Waals surface area contributed by atoms with Crippen molar-refractivity contribution in [2.75, 3.05) is 7.11 Å². The second kappa shape index (κ2) is 4.78. The quantitative estimate of drug-likeness (QED) is 0.885. The van der Waals surface area contributed by atoms with Gasteiger partial charge in [-0.15, -0.1) is 0 Å². The first kappa shape index (κ1) is 12.6. The fourth-order valence-corrected chi connectivity index (χ4v) is 2.21. The standard InChI is InChI=1S/C13H10BrNO3/c1-7(13(16)17)11-9(14)5-3-8-4-6-10(18-2)15-12(8)11/h3-6H,1H2,2H3,(H,16,17). The van der Waals surface area contributed by atoms with Crippen molar-refractivity contribution in [2.24, 2.45) is 0 Å². The van der Waals surface area contributed by atoms with Crippen LogP contribution in [-0.2, 0) is 4.79 Å². The molecule has 0 fully saturated rings. The highest BCUT2D eigenvalue weighted by atomic mass is 79.9. The van der Waals surface area contributed by atoms with Crippen molar-refractivity contribution >= 4 is 38.4 Å². The summed E-state index contributed by atoms with van der Waals surface area (Å²) in [6.07, 6.45) is 0.